The smallest absolute Gasteiger partial charge is 0.493 e. The first-order valence-corrected chi connectivity index (χ1v) is 23.0. The summed E-state index contributed by atoms with van der Waals surface area (Å²) in [5, 5.41) is 1.89. The number of nitrogens with one attached hydrogen (secondary N) is 2. The van der Waals surface area contributed by atoms with Gasteiger partial charge in [-0.05, 0) is 71.5 Å². The van der Waals surface area contributed by atoms with Crippen LogP contribution in [-0.4, -0.2) is 97.8 Å². The van der Waals surface area contributed by atoms with Crippen molar-refractivity contribution >= 4 is 54.6 Å². The summed E-state index contributed by atoms with van der Waals surface area (Å²) in [7, 11) is -7.24. The maximum Gasteiger partial charge on any atom is 1.00 e. The Morgan fingerprint density at radius 1 is 0.603 bits per heavy atom. The van der Waals surface area contributed by atoms with E-state index in [0.29, 0.717) is 22.3 Å². The summed E-state index contributed by atoms with van der Waals surface area (Å²) in [6.45, 7) is -0.143. The average Bonchev–Trinajstić information content (AvgIpc) is 3.86. The molecule has 0 aliphatic carbocycles. The molecule has 2 unspecified atom stereocenters. The fourth-order valence-corrected chi connectivity index (χ4v) is 10.1. The summed E-state index contributed by atoms with van der Waals surface area (Å²) in [5.41, 5.74) is -0.684. The molecular formula is C43H38F6N4NaO12S2+. The molecule has 4 aromatic rings. The molecular weight excluding hydrogens is 966 g/mol. The monoisotopic (exact) mass is 1000 g/mol. The number of nitrogens with zero attached hydrogens (tertiary/aromatic N) is 2. The molecule has 2 amide bonds. The number of hydrogen-bond acceptors (Lipinski definition) is 12. The van der Waals surface area contributed by atoms with Crippen LogP contribution in [0.5, 0.6) is 23.0 Å². The van der Waals surface area contributed by atoms with Crippen molar-refractivity contribution in [2.45, 2.75) is 54.4 Å². The summed E-state index contributed by atoms with van der Waals surface area (Å²) < 4.78 is 174. The second-order valence-corrected chi connectivity index (χ2v) is 18.8. The number of anilines is 2. The number of ether oxygens (including phenoxy) is 4. The Balaban J connectivity index is 0.00000684. The van der Waals surface area contributed by atoms with Crippen molar-refractivity contribution in [2.75, 3.05) is 38.1 Å². The molecule has 4 atom stereocenters. The Kier molecular flexibility index (Phi) is 13.9. The molecule has 4 N–H and O–H groups in total. The molecule has 4 aliphatic heterocycles. The SMILES string of the molecule is COc1cc2c(cc1OCCCOc1cc3c(cc1OC)C(=O)N1C=C(c4ccc(C(F)(F)F)cc4)C[C@H]1C(S(=O)(=O)O)N3)NC(S(=O)(=O)O)[C@@H]1CC(c3ccc(C(F)(F)F)cc3)=CN1C2=O.[Na+]. The van der Waals surface area contributed by atoms with E-state index in [1.807, 2.05) is 0 Å². The fourth-order valence-electron chi connectivity index (χ4n) is 8.34. The molecule has 4 aliphatic rings. The van der Waals surface area contributed by atoms with E-state index in [9.17, 15) is 61.9 Å². The van der Waals surface area contributed by atoms with Crippen molar-refractivity contribution in [1.82, 2.24) is 9.80 Å². The third kappa shape index (κ3) is 9.98. The van der Waals surface area contributed by atoms with E-state index in [1.54, 1.807) is 0 Å². The number of carbonyl (C=O) groups is 2. The van der Waals surface area contributed by atoms with Crippen LogP contribution in [0.4, 0.5) is 37.7 Å². The molecule has 0 saturated carbocycles. The zero-order valence-corrected chi connectivity index (χ0v) is 39.5. The summed E-state index contributed by atoms with van der Waals surface area (Å²) in [4.78, 5) is 30.1. The Morgan fingerprint density at radius 2 is 0.956 bits per heavy atom. The molecule has 0 spiro atoms. The molecule has 0 bridgehead atoms. The van der Waals surface area contributed by atoms with Gasteiger partial charge in [-0.1, -0.05) is 24.3 Å². The van der Waals surface area contributed by atoms with Crippen LogP contribution in [0.25, 0.3) is 11.1 Å². The van der Waals surface area contributed by atoms with Crippen molar-refractivity contribution in [3.63, 3.8) is 0 Å². The van der Waals surface area contributed by atoms with Gasteiger partial charge < -0.3 is 39.4 Å². The van der Waals surface area contributed by atoms with Crippen LogP contribution in [0, 0.1) is 0 Å². The Morgan fingerprint density at radius 3 is 1.26 bits per heavy atom. The fraction of sp³-hybridized carbons (Fsp3) is 0.302. The molecule has 0 saturated heterocycles. The Hall–Kier alpha value is -5.50. The van der Waals surface area contributed by atoms with Crippen molar-refractivity contribution in [3.8, 4) is 23.0 Å². The molecule has 0 fully saturated rings. The van der Waals surface area contributed by atoms with E-state index in [1.165, 1.54) is 75.2 Å². The molecule has 8 rings (SSSR count). The quantitative estimate of drug-likeness (QED) is 0.0673. The van der Waals surface area contributed by atoms with E-state index in [2.05, 4.69) is 10.6 Å². The molecule has 68 heavy (non-hydrogen) atoms. The van der Waals surface area contributed by atoms with Crippen molar-refractivity contribution in [1.29, 1.82) is 0 Å². The number of rotatable bonds is 12. The molecule has 4 heterocycles. The van der Waals surface area contributed by atoms with Gasteiger partial charge in [0.15, 0.2) is 33.7 Å². The van der Waals surface area contributed by atoms with E-state index in [0.717, 1.165) is 34.1 Å². The van der Waals surface area contributed by atoms with Gasteiger partial charge in [0, 0.05) is 31.0 Å². The second kappa shape index (κ2) is 18.8. The predicted molar refractivity (Wildman–Crippen MR) is 228 cm³/mol. The minimum Gasteiger partial charge on any atom is -0.493 e. The van der Waals surface area contributed by atoms with Gasteiger partial charge in [0.05, 0.1) is 73.1 Å². The van der Waals surface area contributed by atoms with Gasteiger partial charge in [0.25, 0.3) is 32.1 Å². The topological polar surface area (TPSA) is 210 Å². The van der Waals surface area contributed by atoms with Crippen LogP contribution in [0.3, 0.4) is 0 Å². The zero-order chi connectivity index (χ0) is 48.4. The summed E-state index contributed by atoms with van der Waals surface area (Å²) in [6.07, 6.45) is -6.66. The minimum absolute atomic E-state index is 0. The predicted octanol–water partition coefficient (Wildman–Crippen LogP) is 4.38. The Bertz CT molecular complexity index is 2740. The van der Waals surface area contributed by atoms with E-state index in [-0.39, 0.29) is 108 Å². The van der Waals surface area contributed by atoms with Gasteiger partial charge in [-0.3, -0.25) is 18.7 Å². The van der Waals surface area contributed by atoms with Crippen molar-refractivity contribution < 1.29 is 110 Å². The molecule has 4 aromatic carbocycles. The number of benzene rings is 4. The number of amides is 2. The van der Waals surface area contributed by atoms with Crippen molar-refractivity contribution in [2.24, 2.45) is 0 Å². The number of alkyl halides is 6. The standard InChI is InChI=1S/C43H38F6N4O12S2.Na/c1-62-34-16-28-30(50-38(66(56,57)58)32-14-24(20-52(32)40(28)54)22-4-8-26(9-5-22)42(44,45)46)18-36(34)64-12-3-13-65-37-19-31-29(17-35(37)63-2)41(55)53-21-25(15-33(53)39(51-31)67(59,60)61)23-6-10-27(11-7-23)43(47,48)49;/h4-11,16-21,32-33,38-39,50-51H,3,12-15H2,1-2H3,(H,56,57,58)(H,59,60,61);/q;+1/t32-,33-,38?,39?;/m0./s1. The van der Waals surface area contributed by atoms with Gasteiger partial charge in [-0.2, -0.15) is 43.2 Å². The van der Waals surface area contributed by atoms with Crippen LogP contribution in [0.2, 0.25) is 0 Å². The Labute approximate surface area is 406 Å². The van der Waals surface area contributed by atoms with Crippen LogP contribution in [0.15, 0.2) is 85.2 Å². The van der Waals surface area contributed by atoms with Gasteiger partial charge in [0.2, 0.25) is 0 Å². The second-order valence-electron chi connectivity index (χ2n) is 15.7. The summed E-state index contributed by atoms with van der Waals surface area (Å²) >= 11 is 0. The number of hydrogen-bond donors (Lipinski definition) is 4. The zero-order valence-electron chi connectivity index (χ0n) is 35.9. The van der Waals surface area contributed by atoms with Gasteiger partial charge in [-0.25, -0.2) is 0 Å². The maximum absolute atomic E-state index is 14.0. The number of carbonyl (C=O) groups excluding carboxylic acids is 2. The van der Waals surface area contributed by atoms with Gasteiger partial charge in [0.1, 0.15) is 0 Å². The van der Waals surface area contributed by atoms with E-state index in [4.69, 9.17) is 18.9 Å². The number of halogens is 6. The van der Waals surface area contributed by atoms with Crippen LogP contribution in [-0.2, 0) is 32.6 Å². The minimum atomic E-state index is -4.91. The maximum atomic E-state index is 14.0. The number of methoxy groups -OCH3 is 2. The number of fused-ring (bicyclic) bond motifs is 4. The first kappa shape index (κ1) is 50.4. The van der Waals surface area contributed by atoms with Gasteiger partial charge in [-0.15, -0.1) is 0 Å². The molecule has 25 heteroatoms. The van der Waals surface area contributed by atoms with Crippen LogP contribution < -0.4 is 59.1 Å². The largest absolute Gasteiger partial charge is 1.00 e. The molecule has 16 nitrogen and oxygen atoms in total. The van der Waals surface area contributed by atoms with Crippen molar-refractivity contribution in [3.05, 3.63) is 119 Å². The molecule has 0 radical (unpaired) electrons. The third-order valence-corrected chi connectivity index (χ3v) is 13.8. The van der Waals surface area contributed by atoms with Gasteiger partial charge >= 0.3 is 41.9 Å². The van der Waals surface area contributed by atoms with Crippen LogP contribution in [0.1, 0.15) is 62.2 Å². The average molecular weight is 1000 g/mol. The first-order valence-electron chi connectivity index (χ1n) is 20.0. The molecule has 0 aromatic heterocycles. The van der Waals surface area contributed by atoms with Crippen LogP contribution >= 0.6 is 0 Å². The summed E-state index contributed by atoms with van der Waals surface area (Å²) in [5.74, 6) is -1.19. The first-order chi connectivity index (χ1) is 31.5. The third-order valence-electron chi connectivity index (χ3n) is 11.6. The molecule has 356 valence electrons. The normalized spacial score (nSPS) is 20.2. The van der Waals surface area contributed by atoms with E-state index >= 15 is 0 Å². The summed E-state index contributed by atoms with van der Waals surface area (Å²) in [6, 6.07) is 11.1. The van der Waals surface area contributed by atoms with E-state index < -0.39 is 78.4 Å².